The summed E-state index contributed by atoms with van der Waals surface area (Å²) in [7, 11) is 0. The van der Waals surface area contributed by atoms with Crippen LogP contribution in [0.15, 0.2) is 18.2 Å². The van der Waals surface area contributed by atoms with Crippen LogP contribution in [0.25, 0.3) is 0 Å². The third kappa shape index (κ3) is 2.94. The van der Waals surface area contributed by atoms with Gasteiger partial charge in [0.25, 0.3) is 0 Å². The van der Waals surface area contributed by atoms with Crippen LogP contribution in [0.3, 0.4) is 0 Å². The Bertz CT molecular complexity index is 346. The number of hydrogen-bond acceptors (Lipinski definition) is 2. The van der Waals surface area contributed by atoms with Gasteiger partial charge >= 0.3 is 0 Å². The van der Waals surface area contributed by atoms with Crippen molar-refractivity contribution in [1.29, 1.82) is 0 Å². The van der Waals surface area contributed by atoms with E-state index in [2.05, 4.69) is 0 Å². The van der Waals surface area contributed by atoms with Crippen molar-refractivity contribution in [2.75, 3.05) is 6.54 Å². The van der Waals surface area contributed by atoms with E-state index >= 15 is 0 Å². The van der Waals surface area contributed by atoms with Crippen molar-refractivity contribution >= 4 is 11.6 Å². The van der Waals surface area contributed by atoms with E-state index in [4.69, 9.17) is 17.3 Å². The fraction of sp³-hybridized carbons (Fsp3) is 0.500. The average molecular weight is 246 g/mol. The lowest BCUT2D eigenvalue weighted by Gasteiger charge is -2.22. The summed E-state index contributed by atoms with van der Waals surface area (Å²) in [6.07, 6.45) is 0.921. The van der Waals surface area contributed by atoms with E-state index in [0.717, 1.165) is 12.8 Å². The molecule has 0 aliphatic heterocycles. The summed E-state index contributed by atoms with van der Waals surface area (Å²) in [6, 6.07) is 4.45. The van der Waals surface area contributed by atoms with Gasteiger partial charge in [-0.1, -0.05) is 37.1 Å². The molecule has 1 aromatic carbocycles. The molecule has 2 unspecified atom stereocenters. The molecule has 0 aromatic heterocycles. The highest BCUT2D eigenvalue weighted by atomic mass is 35.5. The molecular weight excluding hydrogens is 229 g/mol. The van der Waals surface area contributed by atoms with E-state index < -0.39 is 11.9 Å². The van der Waals surface area contributed by atoms with Gasteiger partial charge in [0, 0.05) is 11.5 Å². The van der Waals surface area contributed by atoms with Crippen LogP contribution in [0.4, 0.5) is 4.39 Å². The molecule has 0 aliphatic carbocycles. The van der Waals surface area contributed by atoms with Gasteiger partial charge in [-0.05, 0) is 19.0 Å². The minimum Gasteiger partial charge on any atom is -0.388 e. The molecule has 0 saturated carbocycles. The number of rotatable bonds is 5. The quantitative estimate of drug-likeness (QED) is 0.838. The van der Waals surface area contributed by atoms with E-state index in [1.807, 2.05) is 6.92 Å². The van der Waals surface area contributed by atoms with Crippen LogP contribution in [0.1, 0.15) is 31.4 Å². The van der Waals surface area contributed by atoms with Crippen LogP contribution >= 0.6 is 11.6 Å². The maximum absolute atomic E-state index is 13.2. The van der Waals surface area contributed by atoms with Gasteiger partial charge in [-0.2, -0.15) is 0 Å². The van der Waals surface area contributed by atoms with Crippen molar-refractivity contribution in [3.8, 4) is 0 Å². The number of aliphatic hydroxyl groups excluding tert-OH is 1. The predicted molar refractivity (Wildman–Crippen MR) is 63.8 cm³/mol. The second-order valence-electron chi connectivity index (χ2n) is 3.87. The highest BCUT2D eigenvalue weighted by Crippen LogP contribution is 2.31. The van der Waals surface area contributed by atoms with Gasteiger partial charge in [0.2, 0.25) is 0 Å². The molecule has 2 nitrogen and oxygen atoms in total. The van der Waals surface area contributed by atoms with Crippen LogP contribution < -0.4 is 5.73 Å². The number of benzene rings is 1. The largest absolute Gasteiger partial charge is 0.388 e. The number of halogens is 2. The molecule has 0 radical (unpaired) electrons. The van der Waals surface area contributed by atoms with Crippen molar-refractivity contribution in [3.63, 3.8) is 0 Å². The zero-order valence-corrected chi connectivity index (χ0v) is 10.0. The summed E-state index contributed by atoms with van der Waals surface area (Å²) in [6.45, 7) is 2.38. The fourth-order valence-corrected chi connectivity index (χ4v) is 2.02. The van der Waals surface area contributed by atoms with Crippen LogP contribution in [0.5, 0.6) is 0 Å². The Kier molecular flexibility index (Phi) is 5.19. The Morgan fingerprint density at radius 2 is 2.19 bits per heavy atom. The zero-order chi connectivity index (χ0) is 12.1. The maximum atomic E-state index is 13.2. The molecule has 0 saturated heterocycles. The van der Waals surface area contributed by atoms with Gasteiger partial charge in [-0.3, -0.25) is 0 Å². The van der Waals surface area contributed by atoms with Gasteiger partial charge in [-0.25, -0.2) is 4.39 Å². The Morgan fingerprint density at radius 1 is 1.50 bits per heavy atom. The molecular formula is C12H17ClFNO. The molecule has 1 aromatic rings. The Labute approximate surface area is 100 Å². The summed E-state index contributed by atoms with van der Waals surface area (Å²) in [5.74, 6) is -0.588. The Balaban J connectivity index is 2.94. The van der Waals surface area contributed by atoms with E-state index in [1.54, 1.807) is 12.1 Å². The zero-order valence-electron chi connectivity index (χ0n) is 9.29. The first-order valence-corrected chi connectivity index (χ1v) is 5.81. The van der Waals surface area contributed by atoms with Gasteiger partial charge in [0.05, 0.1) is 11.1 Å². The third-order valence-corrected chi connectivity index (χ3v) is 3.11. The number of nitrogens with two attached hydrogens (primary N) is 1. The van der Waals surface area contributed by atoms with Gasteiger partial charge in [0.1, 0.15) is 5.82 Å². The van der Waals surface area contributed by atoms with Crippen molar-refractivity contribution < 1.29 is 9.50 Å². The predicted octanol–water partition coefficient (Wildman–Crippen LogP) is 2.89. The lowest BCUT2D eigenvalue weighted by molar-refractivity contribution is 0.106. The molecule has 4 heteroatoms. The molecule has 16 heavy (non-hydrogen) atoms. The summed E-state index contributed by atoms with van der Waals surface area (Å²) < 4.78 is 13.2. The molecule has 0 spiro atoms. The second kappa shape index (κ2) is 6.18. The highest BCUT2D eigenvalue weighted by Gasteiger charge is 2.22. The molecule has 3 N–H and O–H groups in total. The van der Waals surface area contributed by atoms with Gasteiger partial charge in [-0.15, -0.1) is 0 Å². The first-order valence-electron chi connectivity index (χ1n) is 5.43. The molecule has 0 fully saturated rings. The topological polar surface area (TPSA) is 46.2 Å². The van der Waals surface area contributed by atoms with Gasteiger partial charge < -0.3 is 10.8 Å². The molecule has 90 valence electrons. The summed E-state index contributed by atoms with van der Waals surface area (Å²) in [4.78, 5) is 0. The van der Waals surface area contributed by atoms with Crippen molar-refractivity contribution in [1.82, 2.24) is 0 Å². The Hall–Kier alpha value is -0.640. The standard InChI is InChI=1S/C12H17ClFNO/c1-2-4-8(7-15)12(16)9-5-3-6-10(14)11(9)13/h3,5-6,8,12,16H,2,4,7,15H2,1H3. The van der Waals surface area contributed by atoms with Crippen molar-refractivity contribution in [2.24, 2.45) is 11.7 Å². The minimum atomic E-state index is -0.798. The van der Waals surface area contributed by atoms with Gasteiger partial charge in [0.15, 0.2) is 0 Å². The molecule has 0 amide bonds. The molecule has 1 rings (SSSR count). The first-order chi connectivity index (χ1) is 7.61. The lowest BCUT2D eigenvalue weighted by Crippen LogP contribution is -2.22. The minimum absolute atomic E-state index is 0.00967. The van der Waals surface area contributed by atoms with Crippen LogP contribution in [0.2, 0.25) is 5.02 Å². The van der Waals surface area contributed by atoms with E-state index in [9.17, 15) is 9.50 Å². The summed E-state index contributed by atoms with van der Waals surface area (Å²) in [5.41, 5.74) is 6.01. The van der Waals surface area contributed by atoms with Crippen LogP contribution in [-0.4, -0.2) is 11.7 Å². The second-order valence-corrected chi connectivity index (χ2v) is 4.25. The normalized spacial score (nSPS) is 14.8. The SMILES string of the molecule is CCCC(CN)C(O)c1cccc(F)c1Cl. The number of aliphatic hydroxyl groups is 1. The maximum Gasteiger partial charge on any atom is 0.142 e. The highest BCUT2D eigenvalue weighted by molar-refractivity contribution is 6.31. The molecule has 0 aliphatic rings. The summed E-state index contributed by atoms with van der Waals surface area (Å²) in [5, 5.41) is 10.1. The average Bonchev–Trinajstić information content (AvgIpc) is 2.29. The Morgan fingerprint density at radius 3 is 2.75 bits per heavy atom. The van der Waals surface area contributed by atoms with E-state index in [0.29, 0.717) is 12.1 Å². The summed E-state index contributed by atoms with van der Waals surface area (Å²) >= 11 is 5.81. The fourth-order valence-electron chi connectivity index (χ4n) is 1.78. The van der Waals surface area contributed by atoms with E-state index in [-0.39, 0.29) is 10.9 Å². The number of hydrogen-bond donors (Lipinski definition) is 2. The third-order valence-electron chi connectivity index (χ3n) is 2.71. The van der Waals surface area contributed by atoms with E-state index in [1.165, 1.54) is 6.07 Å². The monoisotopic (exact) mass is 245 g/mol. The lowest BCUT2D eigenvalue weighted by atomic mass is 9.92. The smallest absolute Gasteiger partial charge is 0.142 e. The first kappa shape index (κ1) is 13.4. The van der Waals surface area contributed by atoms with Crippen LogP contribution in [0, 0.1) is 11.7 Å². The van der Waals surface area contributed by atoms with Crippen molar-refractivity contribution in [2.45, 2.75) is 25.9 Å². The van der Waals surface area contributed by atoms with Crippen molar-refractivity contribution in [3.05, 3.63) is 34.6 Å². The van der Waals surface area contributed by atoms with Crippen LogP contribution in [-0.2, 0) is 0 Å². The molecule has 0 bridgehead atoms. The molecule has 0 heterocycles. The molecule has 2 atom stereocenters.